The lowest BCUT2D eigenvalue weighted by Crippen LogP contribution is -2.07. The van der Waals surface area contributed by atoms with Crippen LogP contribution in [0.3, 0.4) is 0 Å². The van der Waals surface area contributed by atoms with Crippen molar-refractivity contribution in [1.29, 1.82) is 0 Å². The van der Waals surface area contributed by atoms with E-state index in [4.69, 9.17) is 11.6 Å². The minimum atomic E-state index is -0.318. The Labute approximate surface area is 122 Å². The third-order valence-corrected chi connectivity index (χ3v) is 4.61. The Morgan fingerprint density at radius 2 is 1.95 bits per heavy atom. The lowest BCUT2D eigenvalue weighted by atomic mass is 9.95. The molecule has 4 heteroatoms. The molecule has 19 heavy (non-hydrogen) atoms. The highest BCUT2D eigenvalue weighted by Crippen LogP contribution is 2.30. The molecule has 2 aromatic rings. The topological polar surface area (TPSA) is 12.0 Å². The van der Waals surface area contributed by atoms with Crippen LogP contribution in [0, 0.1) is 5.82 Å². The molecule has 0 aliphatic carbocycles. The van der Waals surface area contributed by atoms with Gasteiger partial charge in [0.05, 0.1) is 10.7 Å². The number of hydrogen-bond acceptors (Lipinski definition) is 2. The van der Waals surface area contributed by atoms with Crippen LogP contribution >= 0.6 is 22.9 Å². The van der Waals surface area contributed by atoms with Gasteiger partial charge in [0.15, 0.2) is 0 Å². The van der Waals surface area contributed by atoms with E-state index in [1.165, 1.54) is 21.9 Å². The third kappa shape index (κ3) is 3.71. The maximum atomic E-state index is 12.9. The molecule has 1 nitrogen and oxygen atoms in total. The number of thiophene rings is 1. The fourth-order valence-electron chi connectivity index (χ4n) is 1.69. The van der Waals surface area contributed by atoms with Gasteiger partial charge in [-0.15, -0.1) is 11.3 Å². The van der Waals surface area contributed by atoms with E-state index in [0.717, 1.165) is 5.69 Å². The summed E-state index contributed by atoms with van der Waals surface area (Å²) in [5, 5.41) is 3.64. The monoisotopic (exact) mass is 297 g/mol. The predicted octanol–water partition coefficient (Wildman–Crippen LogP) is 5.45. The Hall–Kier alpha value is -1.06. The fraction of sp³-hybridized carbons (Fsp3) is 0.333. The molecule has 0 spiro atoms. The highest BCUT2D eigenvalue weighted by atomic mass is 35.5. The van der Waals surface area contributed by atoms with Gasteiger partial charge in [-0.25, -0.2) is 4.39 Å². The van der Waals surface area contributed by atoms with E-state index in [2.05, 4.69) is 38.2 Å². The molecule has 0 atom stereocenters. The summed E-state index contributed by atoms with van der Waals surface area (Å²) in [7, 11) is 0. The molecule has 0 amide bonds. The van der Waals surface area contributed by atoms with Crippen molar-refractivity contribution in [3.8, 4) is 0 Å². The van der Waals surface area contributed by atoms with Crippen molar-refractivity contribution in [2.24, 2.45) is 0 Å². The van der Waals surface area contributed by atoms with E-state index in [9.17, 15) is 4.39 Å². The summed E-state index contributed by atoms with van der Waals surface area (Å²) in [6, 6.07) is 8.67. The SMILES string of the molecule is CC(C)(C)c1ccc(CNc2ccc(F)cc2Cl)s1. The number of nitrogens with one attached hydrogen (secondary N) is 1. The van der Waals surface area contributed by atoms with Crippen molar-refractivity contribution < 1.29 is 4.39 Å². The Morgan fingerprint density at radius 1 is 1.21 bits per heavy atom. The van der Waals surface area contributed by atoms with Crippen LogP contribution in [0.1, 0.15) is 30.5 Å². The summed E-state index contributed by atoms with van der Waals surface area (Å²) in [5.41, 5.74) is 0.935. The van der Waals surface area contributed by atoms with E-state index in [1.54, 1.807) is 17.4 Å². The second-order valence-electron chi connectivity index (χ2n) is 5.49. The van der Waals surface area contributed by atoms with E-state index < -0.39 is 0 Å². The van der Waals surface area contributed by atoms with Crippen LogP contribution in [0.15, 0.2) is 30.3 Å². The largest absolute Gasteiger partial charge is 0.379 e. The van der Waals surface area contributed by atoms with Crippen LogP contribution in [-0.4, -0.2) is 0 Å². The van der Waals surface area contributed by atoms with Crippen LogP contribution in [-0.2, 0) is 12.0 Å². The normalized spacial score (nSPS) is 11.6. The van der Waals surface area contributed by atoms with Gasteiger partial charge in [-0.1, -0.05) is 32.4 Å². The molecule has 1 heterocycles. The van der Waals surface area contributed by atoms with Crippen LogP contribution in [0.4, 0.5) is 10.1 Å². The Morgan fingerprint density at radius 3 is 2.53 bits per heavy atom. The van der Waals surface area contributed by atoms with Crippen molar-refractivity contribution >= 4 is 28.6 Å². The zero-order valence-electron chi connectivity index (χ0n) is 11.3. The van der Waals surface area contributed by atoms with Gasteiger partial charge in [0.1, 0.15) is 5.82 Å². The molecule has 0 radical (unpaired) electrons. The summed E-state index contributed by atoms with van der Waals surface area (Å²) in [6.07, 6.45) is 0. The van der Waals surface area contributed by atoms with Gasteiger partial charge in [-0.2, -0.15) is 0 Å². The first-order chi connectivity index (χ1) is 8.86. The van der Waals surface area contributed by atoms with Gasteiger partial charge in [-0.3, -0.25) is 0 Å². The van der Waals surface area contributed by atoms with Crippen LogP contribution < -0.4 is 5.32 Å². The number of halogens is 2. The maximum Gasteiger partial charge on any atom is 0.124 e. The zero-order valence-corrected chi connectivity index (χ0v) is 12.8. The van der Waals surface area contributed by atoms with E-state index in [0.29, 0.717) is 11.6 Å². The van der Waals surface area contributed by atoms with E-state index in [-0.39, 0.29) is 11.2 Å². The molecule has 0 aliphatic rings. The molecule has 0 fully saturated rings. The first kappa shape index (κ1) is 14.4. The predicted molar refractivity (Wildman–Crippen MR) is 81.8 cm³/mol. The van der Waals surface area contributed by atoms with Crippen molar-refractivity contribution in [1.82, 2.24) is 0 Å². The molecule has 0 unspecified atom stereocenters. The summed E-state index contributed by atoms with van der Waals surface area (Å²) in [4.78, 5) is 2.60. The van der Waals surface area contributed by atoms with Crippen LogP contribution in [0.25, 0.3) is 0 Å². The first-order valence-corrected chi connectivity index (χ1v) is 7.34. The zero-order chi connectivity index (χ0) is 14.0. The smallest absolute Gasteiger partial charge is 0.124 e. The molecular formula is C15H17ClFNS. The van der Waals surface area contributed by atoms with Gasteiger partial charge in [0.25, 0.3) is 0 Å². The van der Waals surface area contributed by atoms with Crippen LogP contribution in [0.5, 0.6) is 0 Å². The van der Waals surface area contributed by atoms with Gasteiger partial charge < -0.3 is 5.32 Å². The lowest BCUT2D eigenvalue weighted by molar-refractivity contribution is 0.604. The maximum absolute atomic E-state index is 12.9. The third-order valence-electron chi connectivity index (χ3n) is 2.79. The summed E-state index contributed by atoms with van der Waals surface area (Å²) in [5.74, 6) is -0.318. The lowest BCUT2D eigenvalue weighted by Gasteiger charge is -2.15. The van der Waals surface area contributed by atoms with E-state index in [1.807, 2.05) is 0 Å². The molecule has 0 saturated carbocycles. The highest BCUT2D eigenvalue weighted by Gasteiger charge is 2.15. The second-order valence-corrected chi connectivity index (χ2v) is 7.07. The van der Waals surface area contributed by atoms with E-state index >= 15 is 0 Å². The van der Waals surface area contributed by atoms with Crippen molar-refractivity contribution in [3.05, 3.63) is 50.9 Å². The van der Waals surface area contributed by atoms with Gasteiger partial charge in [-0.05, 0) is 35.7 Å². The number of anilines is 1. The number of rotatable bonds is 3. The first-order valence-electron chi connectivity index (χ1n) is 6.14. The molecule has 1 aromatic carbocycles. The average Bonchev–Trinajstić information content (AvgIpc) is 2.76. The summed E-state index contributed by atoms with van der Waals surface area (Å²) >= 11 is 7.76. The molecular weight excluding hydrogens is 281 g/mol. The molecule has 1 N–H and O–H groups in total. The number of benzene rings is 1. The summed E-state index contributed by atoms with van der Waals surface area (Å²) < 4.78 is 12.9. The molecule has 0 aliphatic heterocycles. The quantitative estimate of drug-likeness (QED) is 0.794. The van der Waals surface area contributed by atoms with Crippen molar-refractivity contribution in [2.45, 2.75) is 32.7 Å². The Kier molecular flexibility index (Phi) is 4.16. The molecule has 2 rings (SSSR count). The minimum Gasteiger partial charge on any atom is -0.379 e. The summed E-state index contributed by atoms with van der Waals surface area (Å²) in [6.45, 7) is 7.30. The standard InChI is InChI=1S/C15H17ClFNS/c1-15(2,3)14-7-5-11(19-14)9-18-13-6-4-10(17)8-12(13)16/h4-8,18H,9H2,1-3H3. The van der Waals surface area contributed by atoms with Crippen molar-refractivity contribution in [3.63, 3.8) is 0 Å². The Balaban J connectivity index is 2.04. The van der Waals surface area contributed by atoms with Gasteiger partial charge >= 0.3 is 0 Å². The Bertz CT molecular complexity index is 572. The fourth-order valence-corrected chi connectivity index (χ4v) is 2.93. The minimum absolute atomic E-state index is 0.177. The molecule has 102 valence electrons. The molecule has 0 saturated heterocycles. The second kappa shape index (κ2) is 5.51. The van der Waals surface area contributed by atoms with Gasteiger partial charge in [0.2, 0.25) is 0 Å². The average molecular weight is 298 g/mol. The van der Waals surface area contributed by atoms with Gasteiger partial charge in [0, 0.05) is 16.3 Å². The highest BCUT2D eigenvalue weighted by molar-refractivity contribution is 7.12. The van der Waals surface area contributed by atoms with Crippen molar-refractivity contribution in [2.75, 3.05) is 5.32 Å². The molecule has 1 aromatic heterocycles. The van der Waals surface area contributed by atoms with Crippen LogP contribution in [0.2, 0.25) is 5.02 Å². The number of hydrogen-bond donors (Lipinski definition) is 1. The molecule has 0 bridgehead atoms.